The van der Waals surface area contributed by atoms with Crippen LogP contribution < -0.4 is 0 Å². The number of carbonyl (C=O) groups excluding carboxylic acids is 1. The summed E-state index contributed by atoms with van der Waals surface area (Å²) in [6.07, 6.45) is 22.4. The molecule has 0 radical (unpaired) electrons. The molecule has 25 heavy (non-hydrogen) atoms. The van der Waals surface area contributed by atoms with Crippen molar-refractivity contribution in [3.05, 3.63) is 12.2 Å². The number of unbranched alkanes of at least 4 members (excludes halogenated alkanes) is 11. The fourth-order valence-corrected chi connectivity index (χ4v) is 2.99. The molecule has 0 saturated heterocycles. The Bertz CT molecular complexity index is 312. The first-order chi connectivity index (χ1) is 12.2. The van der Waals surface area contributed by atoms with E-state index in [0.717, 1.165) is 38.5 Å². The SMILES string of the molecule is CCCCCCC[C@@H](O)C/C=C\CCCCCCCCCC(=O)OC. The van der Waals surface area contributed by atoms with E-state index < -0.39 is 0 Å². The van der Waals surface area contributed by atoms with Crippen LogP contribution >= 0.6 is 0 Å². The second kappa shape index (κ2) is 19.5. The Hall–Kier alpha value is -0.830. The number of esters is 1. The molecule has 1 N–H and O–H groups in total. The van der Waals surface area contributed by atoms with Gasteiger partial charge in [-0.1, -0.05) is 83.3 Å². The van der Waals surface area contributed by atoms with Gasteiger partial charge < -0.3 is 9.84 Å². The third kappa shape index (κ3) is 19.3. The lowest BCUT2D eigenvalue weighted by atomic mass is 10.1. The van der Waals surface area contributed by atoms with E-state index in [0.29, 0.717) is 6.42 Å². The topological polar surface area (TPSA) is 46.5 Å². The number of methoxy groups -OCH3 is 1. The maximum atomic E-state index is 11.0. The Morgan fingerprint density at radius 1 is 0.880 bits per heavy atom. The van der Waals surface area contributed by atoms with Crippen molar-refractivity contribution >= 4 is 5.97 Å². The molecule has 0 fully saturated rings. The molecule has 0 heterocycles. The van der Waals surface area contributed by atoms with Crippen LogP contribution in [-0.4, -0.2) is 24.3 Å². The number of rotatable bonds is 18. The summed E-state index contributed by atoms with van der Waals surface area (Å²) >= 11 is 0. The van der Waals surface area contributed by atoms with Gasteiger partial charge in [-0.2, -0.15) is 0 Å². The van der Waals surface area contributed by atoms with Crippen molar-refractivity contribution < 1.29 is 14.6 Å². The van der Waals surface area contributed by atoms with E-state index in [9.17, 15) is 9.90 Å². The number of allylic oxidation sites excluding steroid dienone is 1. The molecule has 0 spiro atoms. The standard InChI is InChI=1S/C22H42O3/c1-3-4-5-12-15-18-21(23)19-16-13-10-8-6-7-9-11-14-17-20-22(24)25-2/h13,16,21,23H,3-12,14-15,17-20H2,1-2H3/b16-13-/t21-/m1/s1. The summed E-state index contributed by atoms with van der Waals surface area (Å²) in [5, 5.41) is 9.92. The van der Waals surface area contributed by atoms with Crippen molar-refractivity contribution in [3.8, 4) is 0 Å². The van der Waals surface area contributed by atoms with E-state index in [1.54, 1.807) is 0 Å². The maximum absolute atomic E-state index is 11.0. The summed E-state index contributed by atoms with van der Waals surface area (Å²) in [5.74, 6) is -0.0894. The molecule has 0 saturated carbocycles. The molecule has 0 aliphatic rings. The number of aliphatic hydroxyl groups excluding tert-OH is 1. The maximum Gasteiger partial charge on any atom is 0.305 e. The van der Waals surface area contributed by atoms with E-state index in [4.69, 9.17) is 0 Å². The van der Waals surface area contributed by atoms with Crippen molar-refractivity contribution in [2.24, 2.45) is 0 Å². The smallest absolute Gasteiger partial charge is 0.305 e. The second-order valence-corrected chi connectivity index (χ2v) is 7.15. The fourth-order valence-electron chi connectivity index (χ4n) is 2.99. The number of ether oxygens (including phenoxy) is 1. The summed E-state index contributed by atoms with van der Waals surface area (Å²) in [4.78, 5) is 11.0. The van der Waals surface area contributed by atoms with E-state index in [1.165, 1.54) is 64.9 Å². The molecule has 0 aromatic rings. The summed E-state index contributed by atoms with van der Waals surface area (Å²) in [5.41, 5.74) is 0. The third-order valence-electron chi connectivity index (χ3n) is 4.70. The number of aliphatic hydroxyl groups is 1. The highest BCUT2D eigenvalue weighted by atomic mass is 16.5. The lowest BCUT2D eigenvalue weighted by Crippen LogP contribution is -2.04. The van der Waals surface area contributed by atoms with Crippen molar-refractivity contribution in [1.82, 2.24) is 0 Å². The van der Waals surface area contributed by atoms with E-state index in [-0.39, 0.29) is 12.1 Å². The van der Waals surface area contributed by atoms with Crippen LogP contribution in [0.4, 0.5) is 0 Å². The van der Waals surface area contributed by atoms with Gasteiger partial charge >= 0.3 is 5.97 Å². The molecule has 0 bridgehead atoms. The molecule has 0 aliphatic carbocycles. The Balaban J connectivity index is 3.25. The average molecular weight is 355 g/mol. The number of hydrogen-bond acceptors (Lipinski definition) is 3. The normalized spacial score (nSPS) is 12.6. The van der Waals surface area contributed by atoms with Crippen molar-refractivity contribution in [2.75, 3.05) is 7.11 Å². The predicted octanol–water partition coefficient (Wildman–Crippen LogP) is 6.34. The minimum absolute atomic E-state index is 0.0894. The molecular formula is C22H42O3. The van der Waals surface area contributed by atoms with Gasteiger partial charge in [-0.15, -0.1) is 0 Å². The Morgan fingerprint density at radius 3 is 2.16 bits per heavy atom. The monoisotopic (exact) mass is 354 g/mol. The molecule has 0 aromatic carbocycles. The zero-order chi connectivity index (χ0) is 18.6. The number of hydrogen-bond donors (Lipinski definition) is 1. The van der Waals surface area contributed by atoms with Crippen molar-refractivity contribution in [2.45, 2.75) is 116 Å². The summed E-state index contributed by atoms with van der Waals surface area (Å²) < 4.78 is 4.63. The summed E-state index contributed by atoms with van der Waals surface area (Å²) in [6.45, 7) is 2.23. The minimum Gasteiger partial charge on any atom is -0.469 e. The van der Waals surface area contributed by atoms with Gasteiger partial charge in [0, 0.05) is 6.42 Å². The van der Waals surface area contributed by atoms with Gasteiger partial charge in [0.15, 0.2) is 0 Å². The molecule has 3 nitrogen and oxygen atoms in total. The molecule has 0 aliphatic heterocycles. The molecule has 0 rings (SSSR count). The predicted molar refractivity (Wildman–Crippen MR) is 107 cm³/mol. The van der Waals surface area contributed by atoms with Crippen molar-refractivity contribution in [3.63, 3.8) is 0 Å². The van der Waals surface area contributed by atoms with Gasteiger partial charge in [0.25, 0.3) is 0 Å². The lowest BCUT2D eigenvalue weighted by Gasteiger charge is -2.07. The Morgan fingerprint density at radius 2 is 1.48 bits per heavy atom. The molecule has 3 heteroatoms. The van der Waals surface area contributed by atoms with E-state index >= 15 is 0 Å². The van der Waals surface area contributed by atoms with Gasteiger partial charge in [0.05, 0.1) is 13.2 Å². The van der Waals surface area contributed by atoms with Gasteiger partial charge in [0.2, 0.25) is 0 Å². The van der Waals surface area contributed by atoms with Crippen LogP contribution in [0.2, 0.25) is 0 Å². The van der Waals surface area contributed by atoms with Gasteiger partial charge in [-0.25, -0.2) is 0 Å². The molecule has 0 aromatic heterocycles. The first-order valence-corrected chi connectivity index (χ1v) is 10.6. The van der Waals surface area contributed by atoms with Gasteiger partial charge in [0.1, 0.15) is 0 Å². The van der Waals surface area contributed by atoms with Crippen LogP contribution in [0.5, 0.6) is 0 Å². The quantitative estimate of drug-likeness (QED) is 0.177. The second-order valence-electron chi connectivity index (χ2n) is 7.15. The first-order valence-electron chi connectivity index (χ1n) is 10.6. The Labute approximate surface area is 156 Å². The summed E-state index contributed by atoms with van der Waals surface area (Å²) in [6, 6.07) is 0. The minimum atomic E-state index is -0.150. The van der Waals surface area contributed by atoms with Crippen LogP contribution in [0.3, 0.4) is 0 Å². The third-order valence-corrected chi connectivity index (χ3v) is 4.70. The highest BCUT2D eigenvalue weighted by molar-refractivity contribution is 5.68. The molecule has 0 amide bonds. The van der Waals surface area contributed by atoms with Crippen LogP contribution in [-0.2, 0) is 9.53 Å². The van der Waals surface area contributed by atoms with E-state index in [2.05, 4.69) is 23.8 Å². The lowest BCUT2D eigenvalue weighted by molar-refractivity contribution is -0.140. The van der Waals surface area contributed by atoms with Crippen LogP contribution in [0.1, 0.15) is 110 Å². The molecule has 148 valence electrons. The molecule has 0 unspecified atom stereocenters. The highest BCUT2D eigenvalue weighted by Gasteiger charge is 2.01. The average Bonchev–Trinajstić information content (AvgIpc) is 2.62. The number of carbonyl (C=O) groups is 1. The zero-order valence-corrected chi connectivity index (χ0v) is 16.8. The molecule has 1 atom stereocenters. The van der Waals surface area contributed by atoms with Crippen LogP contribution in [0, 0.1) is 0 Å². The molecular weight excluding hydrogens is 312 g/mol. The van der Waals surface area contributed by atoms with Gasteiger partial charge in [-0.3, -0.25) is 4.79 Å². The zero-order valence-electron chi connectivity index (χ0n) is 16.8. The van der Waals surface area contributed by atoms with Crippen LogP contribution in [0.15, 0.2) is 12.2 Å². The van der Waals surface area contributed by atoms with E-state index in [1.807, 2.05) is 0 Å². The van der Waals surface area contributed by atoms with Crippen molar-refractivity contribution in [1.29, 1.82) is 0 Å². The van der Waals surface area contributed by atoms with Gasteiger partial charge in [-0.05, 0) is 32.1 Å². The summed E-state index contributed by atoms with van der Waals surface area (Å²) in [7, 11) is 1.45. The highest BCUT2D eigenvalue weighted by Crippen LogP contribution is 2.12. The Kier molecular flexibility index (Phi) is 18.8. The van der Waals surface area contributed by atoms with Crippen LogP contribution in [0.25, 0.3) is 0 Å². The fraction of sp³-hybridized carbons (Fsp3) is 0.864. The largest absolute Gasteiger partial charge is 0.469 e. The first kappa shape index (κ1) is 24.2.